The van der Waals surface area contributed by atoms with E-state index in [4.69, 9.17) is 0 Å². The summed E-state index contributed by atoms with van der Waals surface area (Å²) in [5, 5.41) is 4.68. The second-order valence-electron chi connectivity index (χ2n) is 4.13. The molecule has 0 bridgehead atoms. The number of nitrogens with zero attached hydrogens (tertiary/aromatic N) is 1. The highest BCUT2D eigenvalue weighted by Crippen LogP contribution is 2.17. The van der Waals surface area contributed by atoms with Crippen LogP contribution in [0.25, 0.3) is 0 Å². The van der Waals surface area contributed by atoms with Crippen molar-refractivity contribution in [3.63, 3.8) is 0 Å². The molecule has 1 unspecified atom stereocenters. The van der Waals surface area contributed by atoms with Gasteiger partial charge in [0.25, 0.3) is 0 Å². The van der Waals surface area contributed by atoms with Gasteiger partial charge >= 0.3 is 0 Å². The summed E-state index contributed by atoms with van der Waals surface area (Å²) in [6, 6.07) is 0. The van der Waals surface area contributed by atoms with Gasteiger partial charge in [-0.25, -0.2) is 4.98 Å². The molecule has 0 saturated heterocycles. The SMILES string of the molecule is Cc1ncc(CNCC2CC=CCC2)s1. The zero-order valence-electron chi connectivity index (χ0n) is 9.20. The minimum Gasteiger partial charge on any atom is -0.312 e. The molecule has 15 heavy (non-hydrogen) atoms. The molecule has 1 aliphatic carbocycles. The van der Waals surface area contributed by atoms with Crippen molar-refractivity contribution in [2.45, 2.75) is 32.7 Å². The van der Waals surface area contributed by atoms with Gasteiger partial charge < -0.3 is 5.32 Å². The Kier molecular flexibility index (Phi) is 3.92. The molecule has 0 spiro atoms. The Hall–Kier alpha value is -0.670. The van der Waals surface area contributed by atoms with E-state index >= 15 is 0 Å². The molecule has 1 heterocycles. The lowest BCUT2D eigenvalue weighted by Crippen LogP contribution is -2.22. The van der Waals surface area contributed by atoms with Crippen molar-refractivity contribution in [2.24, 2.45) is 5.92 Å². The van der Waals surface area contributed by atoms with Crippen molar-refractivity contribution in [1.29, 1.82) is 0 Å². The van der Waals surface area contributed by atoms with E-state index in [9.17, 15) is 0 Å². The predicted molar refractivity (Wildman–Crippen MR) is 65.0 cm³/mol. The van der Waals surface area contributed by atoms with Crippen molar-refractivity contribution in [2.75, 3.05) is 6.54 Å². The molecule has 1 aromatic rings. The molecular weight excluding hydrogens is 204 g/mol. The Morgan fingerprint density at radius 1 is 1.53 bits per heavy atom. The zero-order chi connectivity index (χ0) is 10.5. The van der Waals surface area contributed by atoms with Gasteiger partial charge in [0.1, 0.15) is 0 Å². The summed E-state index contributed by atoms with van der Waals surface area (Å²) in [6.07, 6.45) is 10.4. The highest BCUT2D eigenvalue weighted by atomic mass is 32.1. The van der Waals surface area contributed by atoms with E-state index in [0.717, 1.165) is 24.0 Å². The van der Waals surface area contributed by atoms with Crippen LogP contribution in [-0.2, 0) is 6.54 Å². The van der Waals surface area contributed by atoms with Gasteiger partial charge in [-0.05, 0) is 38.6 Å². The molecule has 0 saturated carbocycles. The second-order valence-corrected chi connectivity index (χ2v) is 5.45. The molecule has 3 heteroatoms. The number of hydrogen-bond acceptors (Lipinski definition) is 3. The van der Waals surface area contributed by atoms with Crippen molar-refractivity contribution < 1.29 is 0 Å². The average molecular weight is 222 g/mol. The Balaban J connectivity index is 1.68. The first-order chi connectivity index (χ1) is 7.34. The Morgan fingerprint density at radius 3 is 3.13 bits per heavy atom. The van der Waals surface area contributed by atoms with Crippen molar-refractivity contribution >= 4 is 11.3 Å². The van der Waals surface area contributed by atoms with Crippen LogP contribution in [0.4, 0.5) is 0 Å². The van der Waals surface area contributed by atoms with Crippen molar-refractivity contribution in [3.05, 3.63) is 28.2 Å². The van der Waals surface area contributed by atoms with E-state index in [1.54, 1.807) is 11.3 Å². The summed E-state index contributed by atoms with van der Waals surface area (Å²) in [7, 11) is 0. The normalized spacial score (nSPS) is 20.7. The van der Waals surface area contributed by atoms with E-state index < -0.39 is 0 Å². The highest BCUT2D eigenvalue weighted by molar-refractivity contribution is 7.11. The molecule has 1 aromatic heterocycles. The average Bonchev–Trinajstić information content (AvgIpc) is 2.66. The maximum atomic E-state index is 4.25. The maximum absolute atomic E-state index is 4.25. The van der Waals surface area contributed by atoms with Gasteiger partial charge in [0.2, 0.25) is 0 Å². The Morgan fingerprint density at radius 2 is 2.47 bits per heavy atom. The fourth-order valence-corrected chi connectivity index (χ4v) is 2.69. The summed E-state index contributed by atoms with van der Waals surface area (Å²) >= 11 is 1.79. The molecule has 0 aromatic carbocycles. The monoisotopic (exact) mass is 222 g/mol. The zero-order valence-corrected chi connectivity index (χ0v) is 10.0. The maximum Gasteiger partial charge on any atom is 0.0897 e. The summed E-state index contributed by atoms with van der Waals surface area (Å²) in [5.74, 6) is 0.837. The Labute approximate surface area is 95.4 Å². The van der Waals surface area contributed by atoms with Crippen molar-refractivity contribution in [3.8, 4) is 0 Å². The Bertz CT molecular complexity index is 330. The van der Waals surface area contributed by atoms with Crippen LogP contribution in [-0.4, -0.2) is 11.5 Å². The number of hydrogen-bond donors (Lipinski definition) is 1. The first-order valence-corrected chi connectivity index (χ1v) is 6.43. The predicted octanol–water partition coefficient (Wildman–Crippen LogP) is 2.90. The van der Waals surface area contributed by atoms with Crippen LogP contribution < -0.4 is 5.32 Å². The van der Waals surface area contributed by atoms with Crippen LogP contribution in [0, 0.1) is 12.8 Å². The van der Waals surface area contributed by atoms with Crippen LogP contribution in [0.15, 0.2) is 18.3 Å². The lowest BCUT2D eigenvalue weighted by molar-refractivity contribution is 0.441. The minimum atomic E-state index is 0.837. The fraction of sp³-hybridized carbons (Fsp3) is 0.583. The third-order valence-electron chi connectivity index (χ3n) is 2.78. The third-order valence-corrected chi connectivity index (χ3v) is 3.69. The van der Waals surface area contributed by atoms with Crippen LogP contribution in [0.3, 0.4) is 0 Å². The number of allylic oxidation sites excluding steroid dienone is 2. The van der Waals surface area contributed by atoms with Crippen LogP contribution >= 0.6 is 11.3 Å². The van der Waals surface area contributed by atoms with E-state index in [0.29, 0.717) is 0 Å². The number of rotatable bonds is 4. The van der Waals surface area contributed by atoms with Crippen LogP contribution in [0.1, 0.15) is 29.1 Å². The van der Waals surface area contributed by atoms with E-state index in [2.05, 4.69) is 29.4 Å². The fourth-order valence-electron chi connectivity index (χ4n) is 1.93. The molecule has 2 nitrogen and oxygen atoms in total. The number of aromatic nitrogens is 1. The molecule has 1 aliphatic rings. The molecule has 2 rings (SSSR count). The molecule has 1 N–H and O–H groups in total. The molecule has 1 atom stereocenters. The number of nitrogens with one attached hydrogen (secondary N) is 1. The summed E-state index contributed by atoms with van der Waals surface area (Å²) in [6.45, 7) is 4.17. The van der Waals surface area contributed by atoms with Crippen LogP contribution in [0.2, 0.25) is 0 Å². The summed E-state index contributed by atoms with van der Waals surface area (Å²) < 4.78 is 0. The summed E-state index contributed by atoms with van der Waals surface area (Å²) in [5.41, 5.74) is 0. The van der Waals surface area contributed by atoms with Gasteiger partial charge in [-0.1, -0.05) is 12.2 Å². The van der Waals surface area contributed by atoms with Gasteiger partial charge in [0.15, 0.2) is 0 Å². The first-order valence-electron chi connectivity index (χ1n) is 5.61. The third kappa shape index (κ3) is 3.43. The highest BCUT2D eigenvalue weighted by Gasteiger charge is 2.09. The quantitative estimate of drug-likeness (QED) is 0.792. The molecule has 0 amide bonds. The van der Waals surface area contributed by atoms with E-state index in [1.807, 2.05) is 6.20 Å². The smallest absolute Gasteiger partial charge is 0.0897 e. The van der Waals surface area contributed by atoms with E-state index in [-0.39, 0.29) is 0 Å². The lowest BCUT2D eigenvalue weighted by atomic mass is 9.94. The molecule has 0 fully saturated rings. The minimum absolute atomic E-state index is 0.837. The van der Waals surface area contributed by atoms with Gasteiger partial charge in [-0.2, -0.15) is 0 Å². The van der Waals surface area contributed by atoms with E-state index in [1.165, 1.54) is 24.1 Å². The molecule has 0 aliphatic heterocycles. The van der Waals surface area contributed by atoms with Gasteiger partial charge in [-0.3, -0.25) is 0 Å². The molecular formula is C12H18N2S. The second kappa shape index (κ2) is 5.42. The van der Waals surface area contributed by atoms with Crippen molar-refractivity contribution in [1.82, 2.24) is 10.3 Å². The largest absolute Gasteiger partial charge is 0.312 e. The molecule has 82 valence electrons. The molecule has 0 radical (unpaired) electrons. The van der Waals surface area contributed by atoms with Crippen LogP contribution in [0.5, 0.6) is 0 Å². The number of thiazole rings is 1. The topological polar surface area (TPSA) is 24.9 Å². The van der Waals surface area contributed by atoms with Gasteiger partial charge in [0, 0.05) is 17.6 Å². The standard InChI is InChI=1S/C12H18N2S/c1-10-14-9-12(15-10)8-13-7-11-5-3-2-4-6-11/h2-3,9,11,13H,4-8H2,1H3. The lowest BCUT2D eigenvalue weighted by Gasteiger charge is -2.17. The summed E-state index contributed by atoms with van der Waals surface area (Å²) in [4.78, 5) is 5.60. The first kappa shape index (κ1) is 10.8. The number of aryl methyl sites for hydroxylation is 1. The van der Waals surface area contributed by atoms with Gasteiger partial charge in [-0.15, -0.1) is 11.3 Å². The van der Waals surface area contributed by atoms with Gasteiger partial charge in [0.05, 0.1) is 5.01 Å².